The second-order valence-electron chi connectivity index (χ2n) is 19.9. The first-order chi connectivity index (χ1) is 33.0. The van der Waals surface area contributed by atoms with Crippen molar-refractivity contribution in [2.24, 2.45) is 0 Å². The molecule has 0 N–H and O–H groups in total. The fraction of sp³-hybridized carbons (Fsp3) is 0.852. The van der Waals surface area contributed by atoms with E-state index >= 15 is 0 Å². The van der Waals surface area contributed by atoms with Crippen LogP contribution in [0.15, 0.2) is 36.5 Å². The van der Waals surface area contributed by atoms with Crippen molar-refractivity contribution >= 4 is 17.9 Å². The number of esters is 3. The smallest absolute Gasteiger partial charge is 0.306 e. The number of hydrogen-bond donors (Lipinski definition) is 0. The minimum Gasteiger partial charge on any atom is -0.462 e. The van der Waals surface area contributed by atoms with Gasteiger partial charge < -0.3 is 14.2 Å². The quantitative estimate of drug-likeness (QED) is 0.0262. The summed E-state index contributed by atoms with van der Waals surface area (Å²) in [7, 11) is 0. The lowest BCUT2D eigenvalue weighted by Crippen LogP contribution is -2.30. The second kappa shape index (κ2) is 56.2. The Morgan fingerprint density at radius 2 is 0.493 bits per heavy atom. The monoisotopic (exact) mass is 941 g/mol. The summed E-state index contributed by atoms with van der Waals surface area (Å²) in [6.07, 6.45) is 67.0. The molecule has 0 radical (unpaired) electrons. The fourth-order valence-electron chi connectivity index (χ4n) is 8.60. The van der Waals surface area contributed by atoms with Gasteiger partial charge in [-0.3, -0.25) is 14.4 Å². The number of hydrogen-bond acceptors (Lipinski definition) is 6. The molecule has 0 saturated carbocycles. The molecule has 0 fully saturated rings. The van der Waals surface area contributed by atoms with Crippen LogP contribution in [-0.4, -0.2) is 37.2 Å². The molecule has 6 nitrogen and oxygen atoms in total. The molecular formula is C61H112O6. The molecule has 0 aromatic rings. The molecule has 1 unspecified atom stereocenters. The third-order valence-corrected chi connectivity index (χ3v) is 13.1. The highest BCUT2D eigenvalue weighted by atomic mass is 16.6. The first-order valence-corrected chi connectivity index (χ1v) is 29.5. The topological polar surface area (TPSA) is 78.9 Å². The van der Waals surface area contributed by atoms with Crippen molar-refractivity contribution < 1.29 is 28.6 Å². The highest BCUT2D eigenvalue weighted by Gasteiger charge is 2.19. The predicted molar refractivity (Wildman–Crippen MR) is 289 cm³/mol. The van der Waals surface area contributed by atoms with Gasteiger partial charge in [0.25, 0.3) is 0 Å². The lowest BCUT2D eigenvalue weighted by molar-refractivity contribution is -0.167. The first-order valence-electron chi connectivity index (χ1n) is 29.5. The molecule has 6 heteroatoms. The van der Waals surface area contributed by atoms with Gasteiger partial charge in [0.05, 0.1) is 0 Å². The van der Waals surface area contributed by atoms with Crippen LogP contribution in [0.3, 0.4) is 0 Å². The zero-order valence-corrected chi connectivity index (χ0v) is 44.9. The van der Waals surface area contributed by atoms with E-state index in [4.69, 9.17) is 14.2 Å². The summed E-state index contributed by atoms with van der Waals surface area (Å²) >= 11 is 0. The number of allylic oxidation sites excluding steroid dienone is 6. The number of rotatable bonds is 54. The maximum Gasteiger partial charge on any atom is 0.306 e. The van der Waals surface area contributed by atoms with Gasteiger partial charge in [0.1, 0.15) is 13.2 Å². The van der Waals surface area contributed by atoms with Crippen molar-refractivity contribution in [2.45, 2.75) is 322 Å². The van der Waals surface area contributed by atoms with Gasteiger partial charge in [-0.1, -0.05) is 237 Å². The first kappa shape index (κ1) is 64.6. The van der Waals surface area contributed by atoms with Crippen molar-refractivity contribution in [3.05, 3.63) is 36.5 Å². The van der Waals surface area contributed by atoms with Crippen molar-refractivity contribution in [3.8, 4) is 0 Å². The molecule has 392 valence electrons. The number of carbonyl (C=O) groups excluding carboxylic acids is 3. The fourth-order valence-corrected chi connectivity index (χ4v) is 8.60. The minimum absolute atomic E-state index is 0.0765. The SMILES string of the molecule is CCCCCCC/C=C\CCCCCCCC(=O)OCC(COC(=O)CCCCCCCCC/C=C\CCCCCCCCC)OC(=O)CCCCCCCCC/C=C\CCCCCCCC. The molecule has 0 spiro atoms. The summed E-state index contributed by atoms with van der Waals surface area (Å²) in [6, 6.07) is 0. The number of ether oxygens (including phenoxy) is 3. The summed E-state index contributed by atoms with van der Waals surface area (Å²) in [5.74, 6) is -0.877. The maximum absolute atomic E-state index is 12.9. The van der Waals surface area contributed by atoms with Gasteiger partial charge in [0.2, 0.25) is 0 Å². The summed E-state index contributed by atoms with van der Waals surface area (Å²) in [4.78, 5) is 38.2. The van der Waals surface area contributed by atoms with E-state index in [-0.39, 0.29) is 31.1 Å². The molecule has 67 heavy (non-hydrogen) atoms. The Morgan fingerprint density at radius 1 is 0.284 bits per heavy atom. The molecule has 0 saturated heterocycles. The summed E-state index contributed by atoms with van der Waals surface area (Å²) in [5.41, 5.74) is 0. The van der Waals surface area contributed by atoms with Gasteiger partial charge in [-0.05, 0) is 96.3 Å². The number of unbranched alkanes of at least 4 members (excludes halogenated alkanes) is 37. The average Bonchev–Trinajstić information content (AvgIpc) is 3.33. The van der Waals surface area contributed by atoms with E-state index in [1.165, 1.54) is 212 Å². The van der Waals surface area contributed by atoms with Gasteiger partial charge in [0, 0.05) is 19.3 Å². The normalized spacial score (nSPS) is 12.2. The van der Waals surface area contributed by atoms with Crippen LogP contribution in [0.25, 0.3) is 0 Å². The Morgan fingerprint density at radius 3 is 0.746 bits per heavy atom. The number of carbonyl (C=O) groups is 3. The summed E-state index contributed by atoms with van der Waals surface area (Å²) in [6.45, 7) is 6.65. The van der Waals surface area contributed by atoms with Gasteiger partial charge in [-0.2, -0.15) is 0 Å². The van der Waals surface area contributed by atoms with E-state index in [1.54, 1.807) is 0 Å². The summed E-state index contributed by atoms with van der Waals surface area (Å²) < 4.78 is 16.9. The Kier molecular flexibility index (Phi) is 54.2. The third kappa shape index (κ3) is 54.4. The van der Waals surface area contributed by atoms with Gasteiger partial charge in [0.15, 0.2) is 6.10 Å². The largest absolute Gasteiger partial charge is 0.462 e. The highest BCUT2D eigenvalue weighted by molar-refractivity contribution is 5.71. The zero-order chi connectivity index (χ0) is 48.6. The zero-order valence-electron chi connectivity index (χ0n) is 44.9. The molecule has 0 aromatic carbocycles. The lowest BCUT2D eigenvalue weighted by Gasteiger charge is -2.18. The molecule has 1 atom stereocenters. The summed E-state index contributed by atoms with van der Waals surface area (Å²) in [5, 5.41) is 0. The molecule has 0 aliphatic carbocycles. The van der Waals surface area contributed by atoms with Crippen molar-refractivity contribution in [3.63, 3.8) is 0 Å². The van der Waals surface area contributed by atoms with Crippen LogP contribution in [0.1, 0.15) is 316 Å². The molecule has 0 aliphatic heterocycles. The van der Waals surface area contributed by atoms with Gasteiger partial charge in [-0.25, -0.2) is 0 Å². The van der Waals surface area contributed by atoms with E-state index in [0.717, 1.165) is 64.2 Å². The Hall–Kier alpha value is -2.37. The molecule has 0 amide bonds. The van der Waals surface area contributed by atoms with Gasteiger partial charge >= 0.3 is 17.9 Å². The Bertz CT molecular complexity index is 1130. The Balaban J connectivity index is 4.36. The van der Waals surface area contributed by atoms with E-state index in [1.807, 2.05) is 0 Å². The molecule has 0 aliphatic rings. The highest BCUT2D eigenvalue weighted by Crippen LogP contribution is 2.16. The molecule has 0 bridgehead atoms. The standard InChI is InChI=1S/C61H112O6/c1-4-7-10-13-16-19-22-25-28-30-32-33-36-39-42-45-48-51-54-60(63)66-57-58(56-65-59(62)53-50-47-44-41-38-35-27-24-21-18-15-12-9-6-3)67-61(64)55-52-49-46-43-40-37-34-31-29-26-23-20-17-14-11-8-5-2/h24,26-30,58H,4-23,25,31-57H2,1-3H3/b27-24-,29-26-,30-28-. The molecule has 0 aromatic heterocycles. The predicted octanol–water partition coefficient (Wildman–Crippen LogP) is 19.7. The van der Waals surface area contributed by atoms with E-state index < -0.39 is 6.10 Å². The van der Waals surface area contributed by atoms with Crippen LogP contribution in [0, 0.1) is 0 Å². The molecule has 0 rings (SSSR count). The van der Waals surface area contributed by atoms with E-state index in [9.17, 15) is 14.4 Å². The van der Waals surface area contributed by atoms with Crippen molar-refractivity contribution in [2.75, 3.05) is 13.2 Å². The molecular weight excluding hydrogens is 829 g/mol. The van der Waals surface area contributed by atoms with Crippen LogP contribution >= 0.6 is 0 Å². The Labute approximate surface area is 416 Å². The van der Waals surface area contributed by atoms with Crippen LogP contribution in [0.2, 0.25) is 0 Å². The van der Waals surface area contributed by atoms with Crippen molar-refractivity contribution in [1.82, 2.24) is 0 Å². The van der Waals surface area contributed by atoms with Crippen molar-refractivity contribution in [1.29, 1.82) is 0 Å². The third-order valence-electron chi connectivity index (χ3n) is 13.1. The minimum atomic E-state index is -0.778. The average molecular weight is 942 g/mol. The lowest BCUT2D eigenvalue weighted by atomic mass is 10.1. The maximum atomic E-state index is 12.9. The van der Waals surface area contributed by atoms with Crippen LogP contribution in [0.4, 0.5) is 0 Å². The van der Waals surface area contributed by atoms with E-state index in [2.05, 4.69) is 57.2 Å². The van der Waals surface area contributed by atoms with Crippen LogP contribution < -0.4 is 0 Å². The van der Waals surface area contributed by atoms with Gasteiger partial charge in [-0.15, -0.1) is 0 Å². The van der Waals surface area contributed by atoms with Crippen LogP contribution in [-0.2, 0) is 28.6 Å². The second-order valence-corrected chi connectivity index (χ2v) is 19.9. The van der Waals surface area contributed by atoms with E-state index in [0.29, 0.717) is 19.3 Å². The molecule has 0 heterocycles. The van der Waals surface area contributed by atoms with Crippen LogP contribution in [0.5, 0.6) is 0 Å².